The van der Waals surface area contributed by atoms with Crippen molar-refractivity contribution in [1.82, 2.24) is 10.2 Å². The third-order valence-corrected chi connectivity index (χ3v) is 7.28. The van der Waals surface area contributed by atoms with E-state index in [-0.39, 0.29) is 29.3 Å². The van der Waals surface area contributed by atoms with E-state index in [4.69, 9.17) is 0 Å². The summed E-state index contributed by atoms with van der Waals surface area (Å²) in [5.41, 5.74) is 1.22. The number of halogens is 1. The summed E-state index contributed by atoms with van der Waals surface area (Å²) in [6.45, 7) is 12.5. The van der Waals surface area contributed by atoms with Gasteiger partial charge in [-0.25, -0.2) is 9.18 Å². The van der Waals surface area contributed by atoms with Crippen molar-refractivity contribution in [3.8, 4) is 0 Å². The van der Waals surface area contributed by atoms with Gasteiger partial charge in [-0.15, -0.1) is 0 Å². The van der Waals surface area contributed by atoms with Crippen molar-refractivity contribution in [3.05, 3.63) is 66.0 Å². The standard InChI is InChI=1S/C27H35FN4O/c1-19-17-27(14-15-31(19)18-21-10-7-6-8-11-21)24(29-20(2)26(3,4)5)30-25(33)32(27)23-13-9-12-22(28)16-23/h6-13,16,19-20H,14-15,17-18H2,1-5H3,(H,29,30,33)/t19-,20-,27?/m0/s1. The van der Waals surface area contributed by atoms with E-state index >= 15 is 0 Å². The molecule has 2 amide bonds. The molecular weight excluding hydrogens is 415 g/mol. The van der Waals surface area contributed by atoms with Crippen LogP contribution in [0, 0.1) is 11.2 Å². The molecule has 0 bridgehead atoms. The topological polar surface area (TPSA) is 47.9 Å². The Hall–Kier alpha value is -2.73. The van der Waals surface area contributed by atoms with Crippen molar-refractivity contribution in [2.45, 2.75) is 71.6 Å². The van der Waals surface area contributed by atoms with Crippen molar-refractivity contribution >= 4 is 17.6 Å². The van der Waals surface area contributed by atoms with Crippen LogP contribution in [0.5, 0.6) is 0 Å². The number of nitrogens with zero attached hydrogens (tertiary/aromatic N) is 3. The van der Waals surface area contributed by atoms with Gasteiger partial charge in [-0.1, -0.05) is 57.2 Å². The zero-order valence-electron chi connectivity index (χ0n) is 20.3. The Labute approximate surface area is 196 Å². The molecule has 1 N–H and O–H groups in total. The molecule has 0 saturated carbocycles. The van der Waals surface area contributed by atoms with Crippen LogP contribution in [0.2, 0.25) is 0 Å². The van der Waals surface area contributed by atoms with Gasteiger partial charge < -0.3 is 5.32 Å². The number of piperidine rings is 1. The average Bonchev–Trinajstić information content (AvgIpc) is 3.00. The molecule has 2 aliphatic heterocycles. The lowest BCUT2D eigenvalue weighted by atomic mass is 9.79. The van der Waals surface area contributed by atoms with Crippen molar-refractivity contribution in [1.29, 1.82) is 0 Å². The second-order valence-electron chi connectivity index (χ2n) is 10.6. The van der Waals surface area contributed by atoms with Crippen LogP contribution in [-0.4, -0.2) is 40.9 Å². The zero-order valence-corrected chi connectivity index (χ0v) is 20.3. The molecule has 4 rings (SSSR count). The predicted molar refractivity (Wildman–Crippen MR) is 132 cm³/mol. The van der Waals surface area contributed by atoms with Gasteiger partial charge in [0.25, 0.3) is 0 Å². The normalized spacial score (nSPS) is 24.8. The molecule has 1 unspecified atom stereocenters. The average molecular weight is 451 g/mol. The van der Waals surface area contributed by atoms with E-state index < -0.39 is 5.54 Å². The van der Waals surface area contributed by atoms with Gasteiger partial charge in [-0.3, -0.25) is 9.80 Å². The molecular formula is C27H35FN4O. The summed E-state index contributed by atoms with van der Waals surface area (Å²) in [4.78, 5) is 21.9. The molecule has 5 nitrogen and oxygen atoms in total. The quantitative estimate of drug-likeness (QED) is 0.658. The van der Waals surface area contributed by atoms with Gasteiger partial charge in [0.2, 0.25) is 0 Å². The van der Waals surface area contributed by atoms with Crippen LogP contribution in [0.25, 0.3) is 0 Å². The van der Waals surface area contributed by atoms with Crippen molar-refractivity contribution < 1.29 is 9.18 Å². The lowest BCUT2D eigenvalue weighted by molar-refractivity contribution is 0.121. The van der Waals surface area contributed by atoms with Crippen LogP contribution in [0.4, 0.5) is 14.9 Å². The maximum Gasteiger partial charge on any atom is 0.350 e. The van der Waals surface area contributed by atoms with E-state index in [1.807, 2.05) is 6.07 Å². The molecule has 1 saturated heterocycles. The number of amidine groups is 1. The summed E-state index contributed by atoms with van der Waals surface area (Å²) < 4.78 is 14.1. The highest BCUT2D eigenvalue weighted by Crippen LogP contribution is 2.41. The molecule has 33 heavy (non-hydrogen) atoms. The van der Waals surface area contributed by atoms with Gasteiger partial charge >= 0.3 is 6.03 Å². The van der Waals surface area contributed by atoms with Gasteiger partial charge in [0, 0.05) is 30.9 Å². The summed E-state index contributed by atoms with van der Waals surface area (Å²) in [6.07, 6.45) is 1.46. The lowest BCUT2D eigenvalue weighted by Gasteiger charge is -2.49. The van der Waals surface area contributed by atoms with Crippen LogP contribution in [0.15, 0.2) is 59.6 Å². The molecule has 0 aliphatic carbocycles. The number of rotatable bonds is 4. The molecule has 2 aliphatic rings. The number of hydrogen-bond donors (Lipinski definition) is 1. The highest BCUT2D eigenvalue weighted by Gasteiger charge is 2.54. The maximum absolute atomic E-state index is 14.1. The second-order valence-corrected chi connectivity index (χ2v) is 10.6. The Morgan fingerprint density at radius 2 is 1.91 bits per heavy atom. The predicted octanol–water partition coefficient (Wildman–Crippen LogP) is 5.61. The molecule has 2 heterocycles. The second kappa shape index (κ2) is 8.90. The number of anilines is 1. The zero-order chi connectivity index (χ0) is 23.8. The number of urea groups is 1. The maximum atomic E-state index is 14.1. The number of benzene rings is 2. The third-order valence-electron chi connectivity index (χ3n) is 7.28. The van der Waals surface area contributed by atoms with E-state index in [9.17, 15) is 9.18 Å². The molecule has 0 radical (unpaired) electrons. The summed E-state index contributed by atoms with van der Waals surface area (Å²) in [7, 11) is 0. The Morgan fingerprint density at radius 3 is 2.55 bits per heavy atom. The summed E-state index contributed by atoms with van der Waals surface area (Å²) in [6, 6.07) is 16.8. The van der Waals surface area contributed by atoms with Gasteiger partial charge in [-0.05, 0) is 55.9 Å². The van der Waals surface area contributed by atoms with Crippen LogP contribution >= 0.6 is 0 Å². The van der Waals surface area contributed by atoms with E-state index in [2.05, 4.69) is 74.1 Å². The smallest absolute Gasteiger partial charge is 0.350 e. The first-order valence-electron chi connectivity index (χ1n) is 11.8. The fraction of sp³-hybridized carbons (Fsp3) is 0.481. The number of hydrogen-bond acceptors (Lipinski definition) is 3. The molecule has 176 valence electrons. The molecule has 1 spiro atoms. The minimum Gasteiger partial charge on any atom is -0.368 e. The largest absolute Gasteiger partial charge is 0.368 e. The van der Waals surface area contributed by atoms with Crippen LogP contribution < -0.4 is 10.2 Å². The van der Waals surface area contributed by atoms with Crippen molar-refractivity contribution in [3.63, 3.8) is 0 Å². The minimum absolute atomic E-state index is 0.00133. The molecule has 0 aromatic heterocycles. The van der Waals surface area contributed by atoms with Gasteiger partial charge in [-0.2, -0.15) is 4.99 Å². The lowest BCUT2D eigenvalue weighted by Crippen LogP contribution is -2.64. The number of amides is 2. The summed E-state index contributed by atoms with van der Waals surface area (Å²) in [5.74, 6) is 0.361. The van der Waals surface area contributed by atoms with E-state index in [1.165, 1.54) is 17.7 Å². The number of nitrogens with one attached hydrogen (secondary N) is 1. The van der Waals surface area contributed by atoms with E-state index in [0.717, 1.165) is 25.9 Å². The molecule has 3 atom stereocenters. The molecule has 1 fully saturated rings. The summed E-state index contributed by atoms with van der Waals surface area (Å²) in [5, 5.41) is 3.58. The van der Waals surface area contributed by atoms with E-state index in [0.29, 0.717) is 11.5 Å². The first-order chi connectivity index (χ1) is 15.6. The van der Waals surface area contributed by atoms with Crippen molar-refractivity contribution in [2.75, 3.05) is 11.4 Å². The summed E-state index contributed by atoms with van der Waals surface area (Å²) >= 11 is 0. The van der Waals surface area contributed by atoms with Gasteiger partial charge in [0.1, 0.15) is 17.2 Å². The van der Waals surface area contributed by atoms with Crippen LogP contribution in [0.1, 0.15) is 53.0 Å². The van der Waals surface area contributed by atoms with Crippen LogP contribution in [0.3, 0.4) is 0 Å². The Kier molecular flexibility index (Phi) is 6.32. The Bertz CT molecular complexity index is 1030. The molecule has 2 aromatic rings. The fourth-order valence-corrected chi connectivity index (χ4v) is 4.84. The highest BCUT2D eigenvalue weighted by molar-refractivity contribution is 6.16. The van der Waals surface area contributed by atoms with Gasteiger partial charge in [0.05, 0.1) is 0 Å². The third kappa shape index (κ3) is 4.67. The van der Waals surface area contributed by atoms with Crippen molar-refractivity contribution in [2.24, 2.45) is 10.4 Å². The van der Waals surface area contributed by atoms with Gasteiger partial charge in [0.15, 0.2) is 0 Å². The number of likely N-dealkylation sites (tertiary alicyclic amines) is 1. The highest BCUT2D eigenvalue weighted by atomic mass is 19.1. The first kappa shape index (κ1) is 23.4. The monoisotopic (exact) mass is 450 g/mol. The molecule has 6 heteroatoms. The SMILES string of the molecule is C[C@H](NC1=NC(=O)N(c2cccc(F)c2)C12CCN(Cc1ccccc1)[C@@H](C)C2)C(C)(C)C. The number of carbonyl (C=O) groups excluding carboxylic acids is 1. The minimum atomic E-state index is -0.614. The molecule has 2 aromatic carbocycles. The Morgan fingerprint density at radius 1 is 1.18 bits per heavy atom. The first-order valence-corrected chi connectivity index (χ1v) is 11.8. The van der Waals surface area contributed by atoms with E-state index in [1.54, 1.807) is 17.0 Å². The Balaban J connectivity index is 1.66. The van der Waals surface area contributed by atoms with Crippen LogP contribution in [-0.2, 0) is 6.54 Å². The fourth-order valence-electron chi connectivity index (χ4n) is 4.84. The number of carbonyl (C=O) groups is 1. The number of aliphatic imine (C=N–C) groups is 1.